The van der Waals surface area contributed by atoms with Gasteiger partial charge in [-0.3, -0.25) is 0 Å². The van der Waals surface area contributed by atoms with Crippen molar-refractivity contribution >= 4 is 11.6 Å². The van der Waals surface area contributed by atoms with E-state index < -0.39 is 0 Å². The second kappa shape index (κ2) is 6.39. The van der Waals surface area contributed by atoms with Gasteiger partial charge in [0.15, 0.2) is 0 Å². The van der Waals surface area contributed by atoms with Crippen LogP contribution in [0, 0.1) is 0 Å². The molecule has 2 N–H and O–H groups in total. The molecule has 0 aliphatic carbocycles. The molecule has 17 heavy (non-hydrogen) atoms. The van der Waals surface area contributed by atoms with Gasteiger partial charge in [-0.1, -0.05) is 23.7 Å². The van der Waals surface area contributed by atoms with E-state index in [1.54, 1.807) is 0 Å². The summed E-state index contributed by atoms with van der Waals surface area (Å²) >= 11 is 5.90. The molecule has 1 aromatic carbocycles. The third kappa shape index (κ3) is 3.98. The zero-order valence-corrected chi connectivity index (χ0v) is 11.1. The lowest BCUT2D eigenvalue weighted by Crippen LogP contribution is -2.32. The molecule has 2 rings (SSSR count). The Bertz CT molecular complexity index is 329. The molecular formula is C14H21ClN2. The highest BCUT2D eigenvalue weighted by Gasteiger charge is 2.14. The Hall–Kier alpha value is -0.570. The van der Waals surface area contributed by atoms with Crippen LogP contribution in [0.15, 0.2) is 24.3 Å². The Morgan fingerprint density at radius 2 is 2.00 bits per heavy atom. The predicted molar refractivity (Wildman–Crippen MR) is 73.5 cm³/mol. The zero-order valence-electron chi connectivity index (χ0n) is 10.4. The van der Waals surface area contributed by atoms with Crippen molar-refractivity contribution in [3.63, 3.8) is 0 Å². The first-order valence-electron chi connectivity index (χ1n) is 6.48. The van der Waals surface area contributed by atoms with Crippen LogP contribution in [-0.4, -0.2) is 19.1 Å². The Kier molecular flexibility index (Phi) is 4.84. The van der Waals surface area contributed by atoms with E-state index in [2.05, 4.69) is 29.7 Å². The SMILES string of the molecule is C[C@H](NC1CCCNCC1)c1ccc(Cl)cc1. The van der Waals surface area contributed by atoms with E-state index in [9.17, 15) is 0 Å². The van der Waals surface area contributed by atoms with Crippen LogP contribution in [0.4, 0.5) is 0 Å². The lowest BCUT2D eigenvalue weighted by atomic mass is 10.0. The molecule has 94 valence electrons. The molecule has 0 aromatic heterocycles. The molecule has 0 radical (unpaired) electrons. The van der Waals surface area contributed by atoms with E-state index in [1.165, 1.54) is 24.8 Å². The van der Waals surface area contributed by atoms with Gasteiger partial charge in [0.05, 0.1) is 0 Å². The first-order valence-corrected chi connectivity index (χ1v) is 6.86. The fourth-order valence-electron chi connectivity index (χ4n) is 2.39. The van der Waals surface area contributed by atoms with Gasteiger partial charge in [0.1, 0.15) is 0 Å². The summed E-state index contributed by atoms with van der Waals surface area (Å²) in [5.41, 5.74) is 1.31. The molecule has 0 bridgehead atoms. The van der Waals surface area contributed by atoms with Crippen molar-refractivity contribution in [2.75, 3.05) is 13.1 Å². The summed E-state index contributed by atoms with van der Waals surface area (Å²) in [7, 11) is 0. The highest BCUT2D eigenvalue weighted by molar-refractivity contribution is 6.30. The van der Waals surface area contributed by atoms with Gasteiger partial charge in [-0.05, 0) is 57.0 Å². The topological polar surface area (TPSA) is 24.1 Å². The average Bonchev–Trinajstić information content (AvgIpc) is 2.58. The van der Waals surface area contributed by atoms with Crippen LogP contribution in [0.2, 0.25) is 5.02 Å². The number of hydrogen-bond donors (Lipinski definition) is 2. The van der Waals surface area contributed by atoms with E-state index in [4.69, 9.17) is 11.6 Å². The number of halogens is 1. The van der Waals surface area contributed by atoms with Crippen LogP contribution < -0.4 is 10.6 Å². The van der Waals surface area contributed by atoms with E-state index in [1.807, 2.05) is 12.1 Å². The van der Waals surface area contributed by atoms with Crippen molar-refractivity contribution < 1.29 is 0 Å². The fourth-order valence-corrected chi connectivity index (χ4v) is 2.51. The molecule has 2 atom stereocenters. The minimum atomic E-state index is 0.398. The van der Waals surface area contributed by atoms with E-state index in [0.29, 0.717) is 12.1 Å². The molecule has 0 spiro atoms. The molecule has 1 saturated heterocycles. The highest BCUT2D eigenvalue weighted by atomic mass is 35.5. The quantitative estimate of drug-likeness (QED) is 0.864. The number of nitrogens with one attached hydrogen (secondary N) is 2. The second-order valence-electron chi connectivity index (χ2n) is 4.82. The molecule has 1 unspecified atom stereocenters. The lowest BCUT2D eigenvalue weighted by molar-refractivity contribution is 0.421. The predicted octanol–water partition coefficient (Wildman–Crippen LogP) is 3.13. The first-order chi connectivity index (χ1) is 8.25. The normalized spacial score (nSPS) is 23.1. The minimum Gasteiger partial charge on any atom is -0.317 e. The maximum atomic E-state index is 5.90. The van der Waals surface area contributed by atoms with Crippen molar-refractivity contribution in [1.82, 2.24) is 10.6 Å². The van der Waals surface area contributed by atoms with Crippen LogP contribution in [0.5, 0.6) is 0 Å². The Morgan fingerprint density at radius 3 is 2.76 bits per heavy atom. The lowest BCUT2D eigenvalue weighted by Gasteiger charge is -2.22. The van der Waals surface area contributed by atoms with Gasteiger partial charge >= 0.3 is 0 Å². The monoisotopic (exact) mass is 252 g/mol. The summed E-state index contributed by atoms with van der Waals surface area (Å²) in [5.74, 6) is 0. The molecule has 1 aromatic rings. The summed E-state index contributed by atoms with van der Waals surface area (Å²) < 4.78 is 0. The van der Waals surface area contributed by atoms with Crippen molar-refractivity contribution in [1.29, 1.82) is 0 Å². The van der Waals surface area contributed by atoms with Crippen molar-refractivity contribution in [2.24, 2.45) is 0 Å². The molecule has 1 heterocycles. The van der Waals surface area contributed by atoms with E-state index in [-0.39, 0.29) is 0 Å². The van der Waals surface area contributed by atoms with Gasteiger partial charge in [-0.25, -0.2) is 0 Å². The standard InChI is InChI=1S/C14H21ClN2/c1-11(12-4-6-13(15)7-5-12)17-14-3-2-9-16-10-8-14/h4-7,11,14,16-17H,2-3,8-10H2,1H3/t11-,14?/m0/s1. The molecule has 1 aliphatic rings. The Labute approximate surface area is 109 Å². The average molecular weight is 253 g/mol. The Morgan fingerprint density at radius 1 is 1.24 bits per heavy atom. The van der Waals surface area contributed by atoms with Gasteiger partial charge in [0.2, 0.25) is 0 Å². The molecule has 0 amide bonds. The zero-order chi connectivity index (χ0) is 12.1. The summed E-state index contributed by atoms with van der Waals surface area (Å²) in [4.78, 5) is 0. The van der Waals surface area contributed by atoms with Gasteiger partial charge < -0.3 is 10.6 Å². The molecule has 1 aliphatic heterocycles. The van der Waals surface area contributed by atoms with Crippen LogP contribution in [0.25, 0.3) is 0 Å². The van der Waals surface area contributed by atoms with Crippen LogP contribution >= 0.6 is 11.6 Å². The van der Waals surface area contributed by atoms with Gasteiger partial charge in [0.25, 0.3) is 0 Å². The maximum absolute atomic E-state index is 5.90. The van der Waals surface area contributed by atoms with Crippen LogP contribution in [0.3, 0.4) is 0 Å². The summed E-state index contributed by atoms with van der Waals surface area (Å²) in [6.07, 6.45) is 3.76. The maximum Gasteiger partial charge on any atom is 0.0406 e. The van der Waals surface area contributed by atoms with Crippen molar-refractivity contribution in [3.05, 3.63) is 34.9 Å². The largest absolute Gasteiger partial charge is 0.317 e. The molecule has 3 heteroatoms. The highest BCUT2D eigenvalue weighted by Crippen LogP contribution is 2.18. The van der Waals surface area contributed by atoms with Crippen molar-refractivity contribution in [3.8, 4) is 0 Å². The molecule has 1 fully saturated rings. The smallest absolute Gasteiger partial charge is 0.0406 e. The fraction of sp³-hybridized carbons (Fsp3) is 0.571. The van der Waals surface area contributed by atoms with E-state index in [0.717, 1.165) is 18.1 Å². The summed E-state index contributed by atoms with van der Waals surface area (Å²) in [6, 6.07) is 9.17. The third-order valence-corrected chi connectivity index (χ3v) is 3.68. The molecular weight excluding hydrogens is 232 g/mol. The summed E-state index contributed by atoms with van der Waals surface area (Å²) in [6.45, 7) is 4.51. The third-order valence-electron chi connectivity index (χ3n) is 3.43. The number of hydrogen-bond acceptors (Lipinski definition) is 2. The molecule has 0 saturated carbocycles. The minimum absolute atomic E-state index is 0.398. The number of rotatable bonds is 3. The van der Waals surface area contributed by atoms with Crippen LogP contribution in [0.1, 0.15) is 37.8 Å². The Balaban J connectivity index is 1.91. The van der Waals surface area contributed by atoms with Crippen molar-refractivity contribution in [2.45, 2.75) is 38.3 Å². The van der Waals surface area contributed by atoms with Gasteiger partial charge in [0, 0.05) is 17.1 Å². The molecule has 2 nitrogen and oxygen atoms in total. The van der Waals surface area contributed by atoms with Crippen LogP contribution in [-0.2, 0) is 0 Å². The van der Waals surface area contributed by atoms with E-state index >= 15 is 0 Å². The first kappa shape index (κ1) is 12.9. The summed E-state index contributed by atoms with van der Waals surface area (Å²) in [5, 5.41) is 7.96. The van der Waals surface area contributed by atoms with Gasteiger partial charge in [-0.2, -0.15) is 0 Å². The second-order valence-corrected chi connectivity index (χ2v) is 5.25. The number of benzene rings is 1. The van der Waals surface area contributed by atoms with Gasteiger partial charge in [-0.15, -0.1) is 0 Å².